The first-order chi connectivity index (χ1) is 8.04. The second kappa shape index (κ2) is 7.12. The molecule has 1 aromatic carbocycles. The predicted octanol–water partition coefficient (Wildman–Crippen LogP) is 4.82. The molecule has 17 heavy (non-hydrogen) atoms. The molecule has 1 aromatic rings. The Morgan fingerprint density at radius 1 is 1.35 bits per heavy atom. The third-order valence-corrected chi connectivity index (χ3v) is 3.64. The van der Waals surface area contributed by atoms with Gasteiger partial charge in [-0.3, -0.25) is 0 Å². The maximum atomic E-state index is 13.0. The Hall–Kier alpha value is -0.410. The second-order valence-electron chi connectivity index (χ2n) is 4.60. The first-order valence-corrected chi connectivity index (χ1v) is 7.05. The highest BCUT2D eigenvalue weighted by atomic mass is 79.9. The van der Waals surface area contributed by atoms with E-state index in [4.69, 9.17) is 0 Å². The number of halogens is 2. The SMILES string of the molecule is CCCCC(C)NC(C)c1ccc(F)cc1Br. The monoisotopic (exact) mass is 301 g/mol. The number of nitrogens with one attached hydrogen (secondary N) is 1. The van der Waals surface area contributed by atoms with Gasteiger partial charge in [0.15, 0.2) is 0 Å². The molecule has 96 valence electrons. The van der Waals surface area contributed by atoms with Crippen LogP contribution in [0.2, 0.25) is 0 Å². The van der Waals surface area contributed by atoms with E-state index < -0.39 is 0 Å². The largest absolute Gasteiger partial charge is 0.308 e. The van der Waals surface area contributed by atoms with Crippen molar-refractivity contribution < 1.29 is 4.39 Å². The van der Waals surface area contributed by atoms with Gasteiger partial charge in [-0.05, 0) is 38.0 Å². The van der Waals surface area contributed by atoms with Gasteiger partial charge in [-0.1, -0.05) is 41.8 Å². The standard InChI is InChI=1S/C14H21BrFN/c1-4-5-6-10(2)17-11(3)13-8-7-12(16)9-14(13)15/h7-11,17H,4-6H2,1-3H3. The maximum absolute atomic E-state index is 13.0. The van der Waals surface area contributed by atoms with Crippen LogP contribution in [0.1, 0.15) is 51.6 Å². The van der Waals surface area contributed by atoms with Crippen molar-refractivity contribution in [3.63, 3.8) is 0 Å². The van der Waals surface area contributed by atoms with Crippen molar-refractivity contribution in [2.45, 2.75) is 52.1 Å². The fourth-order valence-electron chi connectivity index (χ4n) is 1.96. The van der Waals surface area contributed by atoms with Crippen molar-refractivity contribution in [1.82, 2.24) is 5.32 Å². The van der Waals surface area contributed by atoms with Gasteiger partial charge < -0.3 is 5.32 Å². The summed E-state index contributed by atoms with van der Waals surface area (Å²) >= 11 is 3.41. The van der Waals surface area contributed by atoms with Crippen LogP contribution in [0.3, 0.4) is 0 Å². The van der Waals surface area contributed by atoms with Crippen LogP contribution in [0.5, 0.6) is 0 Å². The Balaban J connectivity index is 2.60. The summed E-state index contributed by atoms with van der Waals surface area (Å²) in [6, 6.07) is 5.58. The normalized spacial score (nSPS) is 14.6. The summed E-state index contributed by atoms with van der Waals surface area (Å²) in [7, 11) is 0. The van der Waals surface area contributed by atoms with E-state index in [9.17, 15) is 4.39 Å². The van der Waals surface area contributed by atoms with Crippen molar-refractivity contribution >= 4 is 15.9 Å². The Morgan fingerprint density at radius 3 is 2.65 bits per heavy atom. The van der Waals surface area contributed by atoms with Crippen molar-refractivity contribution in [3.05, 3.63) is 34.1 Å². The van der Waals surface area contributed by atoms with E-state index in [0.29, 0.717) is 6.04 Å². The molecule has 2 atom stereocenters. The lowest BCUT2D eigenvalue weighted by Gasteiger charge is -2.21. The fourth-order valence-corrected chi connectivity index (χ4v) is 2.66. The van der Waals surface area contributed by atoms with Gasteiger partial charge in [0.05, 0.1) is 0 Å². The molecule has 0 bridgehead atoms. The number of benzene rings is 1. The van der Waals surface area contributed by atoms with Gasteiger partial charge in [0, 0.05) is 16.6 Å². The van der Waals surface area contributed by atoms with Gasteiger partial charge in [0.25, 0.3) is 0 Å². The van der Waals surface area contributed by atoms with Crippen LogP contribution < -0.4 is 5.32 Å². The average molecular weight is 302 g/mol. The van der Waals surface area contributed by atoms with Gasteiger partial charge in [-0.2, -0.15) is 0 Å². The minimum absolute atomic E-state index is 0.202. The van der Waals surface area contributed by atoms with E-state index >= 15 is 0 Å². The summed E-state index contributed by atoms with van der Waals surface area (Å²) in [5.74, 6) is -0.202. The molecule has 1 rings (SSSR count). The zero-order valence-corrected chi connectivity index (χ0v) is 12.3. The maximum Gasteiger partial charge on any atom is 0.124 e. The molecule has 0 heterocycles. The molecule has 0 amide bonds. The minimum Gasteiger partial charge on any atom is -0.308 e. The lowest BCUT2D eigenvalue weighted by molar-refractivity contribution is 0.443. The van der Waals surface area contributed by atoms with E-state index in [2.05, 4.69) is 42.0 Å². The van der Waals surface area contributed by atoms with Crippen LogP contribution in [-0.2, 0) is 0 Å². The summed E-state index contributed by atoms with van der Waals surface area (Å²) in [5, 5.41) is 3.54. The molecule has 1 N–H and O–H groups in total. The molecule has 2 unspecified atom stereocenters. The smallest absolute Gasteiger partial charge is 0.124 e. The Morgan fingerprint density at radius 2 is 2.06 bits per heavy atom. The zero-order valence-electron chi connectivity index (χ0n) is 10.8. The van der Waals surface area contributed by atoms with Crippen molar-refractivity contribution in [3.8, 4) is 0 Å². The van der Waals surface area contributed by atoms with E-state index in [1.165, 1.54) is 31.4 Å². The number of rotatable bonds is 6. The summed E-state index contributed by atoms with van der Waals surface area (Å²) in [6.07, 6.45) is 3.64. The third kappa shape index (κ3) is 4.76. The van der Waals surface area contributed by atoms with Gasteiger partial charge in [-0.15, -0.1) is 0 Å². The van der Waals surface area contributed by atoms with Crippen molar-refractivity contribution in [1.29, 1.82) is 0 Å². The highest BCUT2D eigenvalue weighted by molar-refractivity contribution is 9.10. The molecule has 0 aliphatic carbocycles. The van der Waals surface area contributed by atoms with Crippen molar-refractivity contribution in [2.24, 2.45) is 0 Å². The lowest BCUT2D eigenvalue weighted by atomic mass is 10.1. The van der Waals surface area contributed by atoms with Gasteiger partial charge >= 0.3 is 0 Å². The van der Waals surface area contributed by atoms with Gasteiger partial charge in [0.2, 0.25) is 0 Å². The van der Waals surface area contributed by atoms with E-state index in [-0.39, 0.29) is 11.9 Å². The first-order valence-electron chi connectivity index (χ1n) is 6.25. The minimum atomic E-state index is -0.202. The molecular formula is C14H21BrFN. The molecule has 0 radical (unpaired) electrons. The molecule has 0 aliphatic heterocycles. The summed E-state index contributed by atoms with van der Waals surface area (Å²) in [6.45, 7) is 6.51. The summed E-state index contributed by atoms with van der Waals surface area (Å²) < 4.78 is 13.8. The number of hydrogen-bond acceptors (Lipinski definition) is 1. The molecular weight excluding hydrogens is 281 g/mol. The van der Waals surface area contributed by atoms with Gasteiger partial charge in [-0.25, -0.2) is 4.39 Å². The van der Waals surface area contributed by atoms with Crippen LogP contribution in [0, 0.1) is 5.82 Å². The quantitative estimate of drug-likeness (QED) is 0.794. The first kappa shape index (κ1) is 14.7. The van der Waals surface area contributed by atoms with Crippen LogP contribution in [0.4, 0.5) is 4.39 Å². The van der Waals surface area contributed by atoms with Crippen LogP contribution in [0.25, 0.3) is 0 Å². The summed E-state index contributed by atoms with van der Waals surface area (Å²) in [5.41, 5.74) is 1.11. The van der Waals surface area contributed by atoms with Crippen LogP contribution in [-0.4, -0.2) is 6.04 Å². The van der Waals surface area contributed by atoms with E-state index in [1.807, 2.05) is 6.07 Å². The van der Waals surface area contributed by atoms with Gasteiger partial charge in [0.1, 0.15) is 5.82 Å². The second-order valence-corrected chi connectivity index (χ2v) is 5.45. The third-order valence-electron chi connectivity index (χ3n) is 2.95. The topological polar surface area (TPSA) is 12.0 Å². The van der Waals surface area contributed by atoms with Crippen LogP contribution >= 0.6 is 15.9 Å². The molecule has 0 spiro atoms. The Kier molecular flexibility index (Phi) is 6.14. The number of unbranched alkanes of at least 4 members (excludes halogenated alkanes) is 1. The molecule has 1 nitrogen and oxygen atoms in total. The van der Waals surface area contributed by atoms with Crippen molar-refractivity contribution in [2.75, 3.05) is 0 Å². The Bertz CT molecular complexity index is 354. The van der Waals surface area contributed by atoms with Crippen LogP contribution in [0.15, 0.2) is 22.7 Å². The highest BCUT2D eigenvalue weighted by Crippen LogP contribution is 2.24. The lowest BCUT2D eigenvalue weighted by Crippen LogP contribution is -2.29. The summed E-state index contributed by atoms with van der Waals surface area (Å²) in [4.78, 5) is 0. The predicted molar refractivity (Wildman–Crippen MR) is 74.6 cm³/mol. The molecule has 0 aliphatic rings. The van der Waals surface area contributed by atoms with E-state index in [0.717, 1.165) is 10.0 Å². The molecule has 0 fully saturated rings. The molecule has 0 saturated heterocycles. The fraction of sp³-hybridized carbons (Fsp3) is 0.571. The molecule has 0 aromatic heterocycles. The molecule has 3 heteroatoms. The molecule has 0 saturated carbocycles. The average Bonchev–Trinajstić information content (AvgIpc) is 2.26. The zero-order chi connectivity index (χ0) is 12.8. The van der Waals surface area contributed by atoms with E-state index in [1.54, 1.807) is 0 Å². The number of hydrogen-bond donors (Lipinski definition) is 1. The Labute approximate surface area is 112 Å². The highest BCUT2D eigenvalue weighted by Gasteiger charge is 2.12.